The predicted octanol–water partition coefficient (Wildman–Crippen LogP) is 0.848. The zero-order valence-electron chi connectivity index (χ0n) is 11.5. The minimum atomic E-state index is -0.659. The van der Waals surface area contributed by atoms with Crippen molar-refractivity contribution < 1.29 is 9.84 Å². The third kappa shape index (κ3) is 6.36. The quantitative estimate of drug-likeness (QED) is 0.727. The van der Waals surface area contributed by atoms with Gasteiger partial charge in [-0.2, -0.15) is 0 Å². The van der Waals surface area contributed by atoms with Gasteiger partial charge in [-0.15, -0.1) is 0 Å². The van der Waals surface area contributed by atoms with Crippen molar-refractivity contribution in [1.29, 1.82) is 0 Å². The highest BCUT2D eigenvalue weighted by Crippen LogP contribution is 2.12. The highest BCUT2D eigenvalue weighted by molar-refractivity contribution is 4.80. The molecule has 0 aliphatic carbocycles. The van der Waals surface area contributed by atoms with Crippen LogP contribution in [0.5, 0.6) is 0 Å². The zero-order valence-corrected chi connectivity index (χ0v) is 11.5. The number of aliphatic hydroxyl groups is 1. The van der Waals surface area contributed by atoms with Crippen LogP contribution >= 0.6 is 0 Å². The molecule has 2 atom stereocenters. The van der Waals surface area contributed by atoms with E-state index in [1.54, 1.807) is 7.11 Å². The van der Waals surface area contributed by atoms with Crippen LogP contribution in [-0.4, -0.2) is 62.0 Å². The van der Waals surface area contributed by atoms with Crippen molar-refractivity contribution in [2.75, 3.05) is 40.4 Å². The van der Waals surface area contributed by atoms with E-state index in [2.05, 4.69) is 17.3 Å². The first kappa shape index (κ1) is 14.9. The molecule has 17 heavy (non-hydrogen) atoms. The van der Waals surface area contributed by atoms with Crippen LogP contribution in [0, 0.1) is 0 Å². The molecule has 1 fully saturated rings. The van der Waals surface area contributed by atoms with Gasteiger partial charge in [-0.05, 0) is 46.3 Å². The molecule has 0 amide bonds. The molecule has 0 aromatic carbocycles. The van der Waals surface area contributed by atoms with Gasteiger partial charge in [-0.25, -0.2) is 0 Å². The Balaban J connectivity index is 2.24. The average molecular weight is 244 g/mol. The number of hydrogen-bond acceptors (Lipinski definition) is 4. The largest absolute Gasteiger partial charge is 0.389 e. The summed E-state index contributed by atoms with van der Waals surface area (Å²) in [4.78, 5) is 2.38. The van der Waals surface area contributed by atoms with Crippen molar-refractivity contribution in [3.05, 3.63) is 0 Å². The van der Waals surface area contributed by atoms with Crippen LogP contribution in [0.15, 0.2) is 0 Å². The lowest BCUT2D eigenvalue weighted by atomic mass is 10.0. The summed E-state index contributed by atoms with van der Waals surface area (Å²) < 4.78 is 5.01. The number of nitrogens with one attached hydrogen (secondary N) is 1. The second-order valence-electron chi connectivity index (χ2n) is 5.55. The molecule has 0 aromatic heterocycles. The van der Waals surface area contributed by atoms with E-state index in [9.17, 15) is 5.11 Å². The Kier molecular flexibility index (Phi) is 6.41. The fourth-order valence-corrected chi connectivity index (χ4v) is 2.22. The summed E-state index contributed by atoms with van der Waals surface area (Å²) in [6, 6.07) is 0.550. The van der Waals surface area contributed by atoms with Crippen LogP contribution in [0.4, 0.5) is 0 Å². The van der Waals surface area contributed by atoms with Crippen molar-refractivity contribution in [3.8, 4) is 0 Å². The fourth-order valence-electron chi connectivity index (χ4n) is 2.22. The molecule has 102 valence electrons. The Labute approximate surface area is 105 Å². The van der Waals surface area contributed by atoms with Gasteiger partial charge in [0.2, 0.25) is 0 Å². The van der Waals surface area contributed by atoms with Crippen molar-refractivity contribution in [1.82, 2.24) is 10.2 Å². The monoisotopic (exact) mass is 244 g/mol. The number of nitrogens with zero attached hydrogens (tertiary/aromatic N) is 1. The molecule has 1 heterocycles. The summed E-state index contributed by atoms with van der Waals surface area (Å²) in [6.45, 7) is 5.49. The first-order valence-electron chi connectivity index (χ1n) is 6.67. The Morgan fingerprint density at radius 2 is 2.18 bits per heavy atom. The van der Waals surface area contributed by atoms with E-state index in [0.717, 1.165) is 6.54 Å². The highest BCUT2D eigenvalue weighted by atomic mass is 16.5. The maximum absolute atomic E-state index is 10.1. The summed E-state index contributed by atoms with van der Waals surface area (Å²) in [5.41, 5.74) is -0.659. The van der Waals surface area contributed by atoms with Crippen LogP contribution in [0.25, 0.3) is 0 Å². The maximum atomic E-state index is 10.1. The maximum Gasteiger partial charge on any atom is 0.0765 e. The SMILES string of the molecule is COCCC(C)(O)CNC1CCCN(C)CC1. The van der Waals surface area contributed by atoms with E-state index in [0.29, 0.717) is 25.6 Å². The minimum Gasteiger partial charge on any atom is -0.389 e. The number of methoxy groups -OCH3 is 1. The second kappa shape index (κ2) is 7.31. The summed E-state index contributed by atoms with van der Waals surface area (Å²) in [5, 5.41) is 13.6. The van der Waals surface area contributed by atoms with Crippen LogP contribution in [0.1, 0.15) is 32.6 Å². The number of rotatable bonds is 6. The zero-order chi connectivity index (χ0) is 12.7. The van der Waals surface area contributed by atoms with Gasteiger partial charge in [0.1, 0.15) is 0 Å². The minimum absolute atomic E-state index is 0.550. The number of ether oxygens (including phenoxy) is 1. The lowest BCUT2D eigenvalue weighted by Gasteiger charge is -2.26. The van der Waals surface area contributed by atoms with E-state index in [1.165, 1.54) is 25.8 Å². The van der Waals surface area contributed by atoms with Crippen molar-refractivity contribution in [2.45, 2.75) is 44.2 Å². The summed E-state index contributed by atoms with van der Waals surface area (Å²) in [6.07, 6.45) is 4.32. The first-order chi connectivity index (χ1) is 8.03. The molecule has 0 radical (unpaired) electrons. The highest BCUT2D eigenvalue weighted by Gasteiger charge is 2.22. The lowest BCUT2D eigenvalue weighted by Crippen LogP contribution is -2.43. The van der Waals surface area contributed by atoms with Crippen LogP contribution in [0.3, 0.4) is 0 Å². The fraction of sp³-hybridized carbons (Fsp3) is 1.00. The van der Waals surface area contributed by atoms with Crippen LogP contribution in [0.2, 0.25) is 0 Å². The van der Waals surface area contributed by atoms with Gasteiger partial charge in [0, 0.05) is 32.7 Å². The lowest BCUT2D eigenvalue weighted by molar-refractivity contribution is 0.0224. The van der Waals surface area contributed by atoms with Crippen molar-refractivity contribution in [2.24, 2.45) is 0 Å². The van der Waals surface area contributed by atoms with Gasteiger partial charge < -0.3 is 20.1 Å². The second-order valence-corrected chi connectivity index (χ2v) is 5.55. The third-order valence-corrected chi connectivity index (χ3v) is 3.57. The average Bonchev–Trinajstić information content (AvgIpc) is 2.49. The topological polar surface area (TPSA) is 44.7 Å². The predicted molar refractivity (Wildman–Crippen MR) is 70.3 cm³/mol. The van der Waals surface area contributed by atoms with E-state index < -0.39 is 5.60 Å². The molecule has 1 rings (SSSR count). The van der Waals surface area contributed by atoms with Gasteiger partial charge >= 0.3 is 0 Å². The first-order valence-corrected chi connectivity index (χ1v) is 6.67. The summed E-state index contributed by atoms with van der Waals surface area (Å²) in [7, 11) is 3.85. The molecular weight excluding hydrogens is 216 g/mol. The number of likely N-dealkylation sites (tertiary alicyclic amines) is 1. The normalized spacial score (nSPS) is 26.5. The smallest absolute Gasteiger partial charge is 0.0765 e. The standard InChI is InChI=1S/C13H28N2O2/c1-13(16,7-10-17-3)11-14-12-5-4-8-15(2)9-6-12/h12,14,16H,4-11H2,1-3H3. The van der Waals surface area contributed by atoms with Crippen molar-refractivity contribution >= 4 is 0 Å². The van der Waals surface area contributed by atoms with Gasteiger partial charge in [-0.1, -0.05) is 0 Å². The summed E-state index contributed by atoms with van der Waals surface area (Å²) in [5.74, 6) is 0. The molecule has 0 spiro atoms. The van der Waals surface area contributed by atoms with Crippen LogP contribution < -0.4 is 5.32 Å². The molecule has 1 aliphatic rings. The van der Waals surface area contributed by atoms with Crippen LogP contribution in [-0.2, 0) is 4.74 Å². The van der Waals surface area contributed by atoms with Gasteiger partial charge in [0.05, 0.1) is 5.60 Å². The Bertz CT molecular complexity index is 210. The third-order valence-electron chi connectivity index (χ3n) is 3.57. The molecule has 4 heteroatoms. The Morgan fingerprint density at radius 3 is 2.88 bits per heavy atom. The molecule has 0 aromatic rings. The van der Waals surface area contributed by atoms with Gasteiger partial charge in [-0.3, -0.25) is 0 Å². The Hall–Kier alpha value is -0.160. The molecule has 2 unspecified atom stereocenters. The number of hydrogen-bond donors (Lipinski definition) is 2. The molecule has 4 nitrogen and oxygen atoms in total. The van der Waals surface area contributed by atoms with Gasteiger partial charge in [0.15, 0.2) is 0 Å². The molecule has 2 N–H and O–H groups in total. The van der Waals surface area contributed by atoms with Crippen molar-refractivity contribution in [3.63, 3.8) is 0 Å². The summed E-state index contributed by atoms with van der Waals surface area (Å²) >= 11 is 0. The van der Waals surface area contributed by atoms with E-state index in [-0.39, 0.29) is 0 Å². The van der Waals surface area contributed by atoms with E-state index in [4.69, 9.17) is 4.74 Å². The van der Waals surface area contributed by atoms with E-state index >= 15 is 0 Å². The van der Waals surface area contributed by atoms with E-state index in [1.807, 2.05) is 6.92 Å². The Morgan fingerprint density at radius 1 is 1.41 bits per heavy atom. The molecule has 1 aliphatic heterocycles. The molecular formula is C13H28N2O2. The molecule has 1 saturated heterocycles. The molecule has 0 saturated carbocycles. The van der Waals surface area contributed by atoms with Gasteiger partial charge in [0.25, 0.3) is 0 Å². The molecule has 0 bridgehead atoms.